The van der Waals surface area contributed by atoms with Gasteiger partial charge < -0.3 is 5.32 Å². The fourth-order valence-electron chi connectivity index (χ4n) is 3.27. The number of carbonyl (C=O) groups excluding carboxylic acids is 1. The molecule has 6 heteroatoms. The number of anilines is 1. The van der Waals surface area contributed by atoms with Crippen LogP contribution in [0.5, 0.6) is 0 Å². The van der Waals surface area contributed by atoms with Gasteiger partial charge in [-0.25, -0.2) is 4.98 Å². The maximum atomic E-state index is 13.1. The van der Waals surface area contributed by atoms with Crippen LogP contribution in [-0.4, -0.2) is 15.5 Å². The summed E-state index contributed by atoms with van der Waals surface area (Å²) in [4.78, 5) is 30.7. The molecule has 4 aromatic rings. The average molecular weight is 404 g/mol. The Morgan fingerprint density at radius 3 is 2.62 bits per heavy atom. The molecule has 0 spiro atoms. The van der Waals surface area contributed by atoms with Gasteiger partial charge in [-0.05, 0) is 36.1 Å². The summed E-state index contributed by atoms with van der Waals surface area (Å²) >= 11 is 1.44. The summed E-state index contributed by atoms with van der Waals surface area (Å²) in [5, 5.41) is 5.38. The van der Waals surface area contributed by atoms with Crippen molar-refractivity contribution in [3.05, 3.63) is 81.7 Å². The summed E-state index contributed by atoms with van der Waals surface area (Å²) in [5.74, 6) is -0.258. The fourth-order valence-corrected chi connectivity index (χ4v) is 4.18. The van der Waals surface area contributed by atoms with Crippen molar-refractivity contribution in [2.24, 2.45) is 0 Å². The largest absolute Gasteiger partial charge is 0.324 e. The number of aromatic nitrogens is 2. The van der Waals surface area contributed by atoms with Gasteiger partial charge in [0.2, 0.25) is 5.91 Å². The second-order valence-electron chi connectivity index (χ2n) is 6.92. The van der Waals surface area contributed by atoms with Gasteiger partial charge >= 0.3 is 0 Å². The van der Waals surface area contributed by atoms with Crippen molar-refractivity contribution in [3.8, 4) is 11.1 Å². The van der Waals surface area contributed by atoms with E-state index in [0.29, 0.717) is 10.2 Å². The van der Waals surface area contributed by atoms with Gasteiger partial charge in [-0.2, -0.15) is 0 Å². The van der Waals surface area contributed by atoms with Gasteiger partial charge in [0.05, 0.1) is 11.7 Å². The Hall–Kier alpha value is -3.25. The van der Waals surface area contributed by atoms with Gasteiger partial charge in [-0.15, -0.1) is 11.3 Å². The highest BCUT2D eigenvalue weighted by atomic mass is 32.1. The van der Waals surface area contributed by atoms with E-state index in [-0.39, 0.29) is 18.0 Å². The Bertz CT molecular complexity index is 1240. The first kappa shape index (κ1) is 19.1. The number of fused-ring (bicyclic) bond motifs is 1. The first-order valence-electron chi connectivity index (χ1n) is 9.48. The molecule has 2 aromatic heterocycles. The number of rotatable bonds is 5. The number of nitrogens with one attached hydrogen (secondary N) is 1. The molecular formula is C23H21N3O2S. The number of para-hydroxylation sites is 1. The van der Waals surface area contributed by atoms with E-state index >= 15 is 0 Å². The molecule has 0 radical (unpaired) electrons. The number of aryl methyl sites for hydroxylation is 2. The molecule has 0 fully saturated rings. The average Bonchev–Trinajstić information content (AvgIpc) is 3.17. The van der Waals surface area contributed by atoms with Crippen LogP contribution >= 0.6 is 11.3 Å². The maximum absolute atomic E-state index is 13.1. The third kappa shape index (κ3) is 3.84. The zero-order valence-electron chi connectivity index (χ0n) is 16.3. The minimum Gasteiger partial charge on any atom is -0.324 e. The van der Waals surface area contributed by atoms with Gasteiger partial charge in [-0.1, -0.05) is 49.4 Å². The number of nitrogens with zero attached hydrogens (tertiary/aromatic N) is 2. The van der Waals surface area contributed by atoms with Gasteiger partial charge in [0.25, 0.3) is 5.56 Å². The molecule has 0 atom stereocenters. The molecule has 0 saturated heterocycles. The van der Waals surface area contributed by atoms with Crippen molar-refractivity contribution in [1.29, 1.82) is 0 Å². The number of hydrogen-bond donors (Lipinski definition) is 1. The summed E-state index contributed by atoms with van der Waals surface area (Å²) < 4.78 is 1.37. The van der Waals surface area contributed by atoms with E-state index in [4.69, 9.17) is 0 Å². The van der Waals surface area contributed by atoms with E-state index in [0.717, 1.165) is 28.8 Å². The van der Waals surface area contributed by atoms with Crippen LogP contribution in [0.1, 0.15) is 18.1 Å². The highest BCUT2D eigenvalue weighted by molar-refractivity contribution is 7.17. The number of thiophene rings is 1. The van der Waals surface area contributed by atoms with Crippen molar-refractivity contribution >= 4 is 33.1 Å². The highest BCUT2D eigenvalue weighted by Gasteiger charge is 2.15. The first-order chi connectivity index (χ1) is 14.1. The second-order valence-corrected chi connectivity index (χ2v) is 7.78. The van der Waals surface area contributed by atoms with Crippen molar-refractivity contribution in [2.75, 3.05) is 5.32 Å². The zero-order valence-corrected chi connectivity index (χ0v) is 17.1. The topological polar surface area (TPSA) is 64.0 Å². The highest BCUT2D eigenvalue weighted by Crippen LogP contribution is 2.30. The lowest BCUT2D eigenvalue weighted by Crippen LogP contribution is -2.28. The number of hydrogen-bond acceptors (Lipinski definition) is 4. The lowest BCUT2D eigenvalue weighted by molar-refractivity contribution is -0.116. The fraction of sp³-hybridized carbons (Fsp3) is 0.174. The molecular weight excluding hydrogens is 382 g/mol. The molecule has 0 bridgehead atoms. The van der Waals surface area contributed by atoms with E-state index < -0.39 is 0 Å². The predicted octanol–water partition coefficient (Wildman–Crippen LogP) is 4.63. The number of benzene rings is 2. The molecule has 5 nitrogen and oxygen atoms in total. The van der Waals surface area contributed by atoms with E-state index in [1.807, 2.05) is 48.7 Å². The summed E-state index contributed by atoms with van der Waals surface area (Å²) in [6, 6.07) is 15.8. The molecule has 0 aliphatic heterocycles. The minimum absolute atomic E-state index is 0.0832. The van der Waals surface area contributed by atoms with Crippen LogP contribution in [0, 0.1) is 6.92 Å². The standard InChI is InChI=1S/C23H21N3O2S/c1-3-16-8-10-17(11-9-16)18-13-29-22-21(18)23(28)26(14-24-22)12-20(27)25-19-7-5-4-6-15(19)2/h4-11,13-14H,3,12H2,1-2H3,(H,25,27). The molecule has 2 heterocycles. The van der Waals surface area contributed by atoms with Crippen molar-refractivity contribution in [2.45, 2.75) is 26.8 Å². The van der Waals surface area contributed by atoms with Gasteiger partial charge in [-0.3, -0.25) is 14.2 Å². The summed E-state index contributed by atoms with van der Waals surface area (Å²) in [6.45, 7) is 3.95. The minimum atomic E-state index is -0.258. The van der Waals surface area contributed by atoms with Gasteiger partial charge in [0.15, 0.2) is 0 Å². The molecule has 1 N–H and O–H groups in total. The number of carbonyl (C=O) groups is 1. The van der Waals surface area contributed by atoms with Gasteiger partial charge in [0, 0.05) is 16.6 Å². The molecule has 0 aliphatic rings. The smallest absolute Gasteiger partial charge is 0.263 e. The molecule has 2 aromatic carbocycles. The summed E-state index contributed by atoms with van der Waals surface area (Å²) in [7, 11) is 0. The van der Waals surface area contributed by atoms with Crippen LogP contribution in [0.4, 0.5) is 5.69 Å². The lowest BCUT2D eigenvalue weighted by atomic mass is 10.0. The summed E-state index contributed by atoms with van der Waals surface area (Å²) in [5.41, 5.74) is 4.60. The normalized spacial score (nSPS) is 11.0. The first-order valence-corrected chi connectivity index (χ1v) is 10.4. The van der Waals surface area contributed by atoms with Crippen LogP contribution < -0.4 is 10.9 Å². The molecule has 0 aliphatic carbocycles. The van der Waals surface area contributed by atoms with Crippen molar-refractivity contribution in [3.63, 3.8) is 0 Å². The predicted molar refractivity (Wildman–Crippen MR) is 119 cm³/mol. The monoisotopic (exact) mass is 403 g/mol. The van der Waals surface area contributed by atoms with Crippen LogP contribution in [0.15, 0.2) is 65.0 Å². The molecule has 146 valence electrons. The zero-order chi connectivity index (χ0) is 20.4. The van der Waals surface area contributed by atoms with Crippen LogP contribution in [0.3, 0.4) is 0 Å². The third-order valence-corrected chi connectivity index (χ3v) is 5.85. The molecule has 0 saturated carbocycles. The van der Waals surface area contributed by atoms with Crippen LogP contribution in [0.25, 0.3) is 21.3 Å². The van der Waals surface area contributed by atoms with E-state index in [9.17, 15) is 9.59 Å². The van der Waals surface area contributed by atoms with Crippen LogP contribution in [0.2, 0.25) is 0 Å². The number of amides is 1. The second kappa shape index (κ2) is 8.01. The van der Waals surface area contributed by atoms with Crippen molar-refractivity contribution < 1.29 is 4.79 Å². The van der Waals surface area contributed by atoms with Crippen molar-refractivity contribution in [1.82, 2.24) is 9.55 Å². The Kier molecular flexibility index (Phi) is 5.27. The Morgan fingerprint density at radius 2 is 1.90 bits per heavy atom. The molecule has 0 unspecified atom stereocenters. The third-order valence-electron chi connectivity index (χ3n) is 4.97. The Balaban J connectivity index is 1.66. The summed E-state index contributed by atoms with van der Waals surface area (Å²) in [6.07, 6.45) is 2.41. The maximum Gasteiger partial charge on any atom is 0.263 e. The van der Waals surface area contributed by atoms with Gasteiger partial charge in [0.1, 0.15) is 11.4 Å². The molecule has 1 amide bonds. The molecule has 4 rings (SSSR count). The van der Waals surface area contributed by atoms with E-state index in [2.05, 4.69) is 29.4 Å². The van der Waals surface area contributed by atoms with E-state index in [1.54, 1.807) is 0 Å². The Labute approximate surface area is 172 Å². The SMILES string of the molecule is CCc1ccc(-c2csc3ncn(CC(=O)Nc4ccccc4C)c(=O)c23)cc1. The lowest BCUT2D eigenvalue weighted by Gasteiger charge is -2.09. The molecule has 29 heavy (non-hydrogen) atoms. The van der Waals surface area contributed by atoms with E-state index in [1.165, 1.54) is 27.8 Å². The van der Waals surface area contributed by atoms with Crippen LogP contribution in [-0.2, 0) is 17.8 Å². The Morgan fingerprint density at radius 1 is 1.14 bits per heavy atom. The quantitative estimate of drug-likeness (QED) is 0.528.